The number of nitrogens with zero attached hydrogens (tertiary/aromatic N) is 1. The van der Waals surface area contributed by atoms with Gasteiger partial charge in [0, 0.05) is 38.8 Å². The van der Waals surface area contributed by atoms with Gasteiger partial charge in [0.2, 0.25) is 0 Å². The van der Waals surface area contributed by atoms with Crippen LogP contribution in [0, 0.1) is 6.92 Å². The molecule has 4 aromatic rings. The van der Waals surface area contributed by atoms with Gasteiger partial charge in [0.05, 0.1) is 0 Å². The Hall–Kier alpha value is -1.97. The zero-order valence-electron chi connectivity index (χ0n) is 14.7. The maximum atomic E-state index is 3.51. The predicted molar refractivity (Wildman–Crippen MR) is 116 cm³/mol. The first-order chi connectivity index (χ1) is 12.7. The van der Waals surface area contributed by atoms with Crippen molar-refractivity contribution >= 4 is 38.6 Å². The van der Waals surface area contributed by atoms with Crippen molar-refractivity contribution in [3.63, 3.8) is 0 Å². The molecule has 0 atom stereocenters. The van der Waals surface area contributed by atoms with Crippen molar-refractivity contribution in [2.24, 2.45) is 0 Å². The summed E-state index contributed by atoms with van der Waals surface area (Å²) >= 11 is 5.43. The van der Waals surface area contributed by atoms with Gasteiger partial charge in [0.15, 0.2) is 0 Å². The first-order valence-corrected chi connectivity index (χ1v) is 10.5. The lowest BCUT2D eigenvalue weighted by Gasteiger charge is -2.05. The molecule has 4 rings (SSSR count). The number of hydrogen-bond acceptors (Lipinski definition) is 1. The third-order valence-electron chi connectivity index (χ3n) is 4.50. The smallest absolute Gasteiger partial charge is 0.0495 e. The monoisotopic (exact) mass is 421 g/mol. The van der Waals surface area contributed by atoms with E-state index in [2.05, 4.69) is 106 Å². The van der Waals surface area contributed by atoms with E-state index in [-0.39, 0.29) is 0 Å². The van der Waals surface area contributed by atoms with Crippen molar-refractivity contribution < 1.29 is 0 Å². The van der Waals surface area contributed by atoms with Crippen LogP contribution in [0.25, 0.3) is 10.9 Å². The van der Waals surface area contributed by atoms with Gasteiger partial charge in [-0.25, -0.2) is 0 Å². The molecule has 0 aliphatic carbocycles. The van der Waals surface area contributed by atoms with Crippen molar-refractivity contribution in [3.05, 3.63) is 100 Å². The topological polar surface area (TPSA) is 4.93 Å². The van der Waals surface area contributed by atoms with Gasteiger partial charge >= 0.3 is 0 Å². The lowest BCUT2D eigenvalue weighted by molar-refractivity contribution is 0.830. The summed E-state index contributed by atoms with van der Waals surface area (Å²) in [5.41, 5.74) is 5.30. The second-order valence-corrected chi connectivity index (χ2v) is 8.48. The fraction of sp³-hybridized carbons (Fsp3) is 0.130. The zero-order chi connectivity index (χ0) is 17.9. The maximum absolute atomic E-state index is 3.51. The minimum absolute atomic E-state index is 0.888. The van der Waals surface area contributed by atoms with Crippen LogP contribution in [0.1, 0.15) is 16.7 Å². The fourth-order valence-corrected chi connectivity index (χ4v) is 4.50. The second-order valence-electron chi connectivity index (χ2n) is 6.54. The van der Waals surface area contributed by atoms with E-state index in [1.807, 2.05) is 11.8 Å². The third-order valence-corrected chi connectivity index (χ3v) is 6.14. The van der Waals surface area contributed by atoms with Gasteiger partial charge in [-0.3, -0.25) is 0 Å². The number of aryl methyl sites for hydroxylation is 1. The summed E-state index contributed by atoms with van der Waals surface area (Å²) in [5, 5.41) is 1.34. The van der Waals surface area contributed by atoms with Crippen molar-refractivity contribution in [3.8, 4) is 0 Å². The minimum atomic E-state index is 0.888. The Labute approximate surface area is 167 Å². The number of fused-ring (bicyclic) bond motifs is 1. The van der Waals surface area contributed by atoms with E-state index in [0.29, 0.717) is 0 Å². The Bertz CT molecular complexity index is 1030. The van der Waals surface area contributed by atoms with E-state index >= 15 is 0 Å². The summed E-state index contributed by atoms with van der Waals surface area (Å²) in [5.74, 6) is 0.994. The SMILES string of the molecule is Cc1cccc(CSc2cn(Cc3ccc(Br)cc3)c3ccccc23)c1. The largest absolute Gasteiger partial charge is 0.342 e. The molecular weight excluding hydrogens is 402 g/mol. The number of benzene rings is 3. The first-order valence-electron chi connectivity index (χ1n) is 8.70. The average Bonchev–Trinajstić information content (AvgIpc) is 3.00. The Balaban J connectivity index is 1.62. The molecule has 1 heterocycles. The molecule has 0 amide bonds. The Morgan fingerprint density at radius 1 is 0.885 bits per heavy atom. The molecule has 0 fully saturated rings. The quantitative estimate of drug-likeness (QED) is 0.312. The molecule has 1 nitrogen and oxygen atoms in total. The van der Waals surface area contributed by atoms with Crippen LogP contribution in [-0.2, 0) is 12.3 Å². The Morgan fingerprint density at radius 3 is 2.50 bits per heavy atom. The lowest BCUT2D eigenvalue weighted by atomic mass is 10.2. The van der Waals surface area contributed by atoms with Crippen molar-refractivity contribution in [2.45, 2.75) is 24.1 Å². The Morgan fingerprint density at radius 2 is 1.69 bits per heavy atom. The second kappa shape index (κ2) is 7.73. The van der Waals surface area contributed by atoms with Gasteiger partial charge in [0.25, 0.3) is 0 Å². The van der Waals surface area contributed by atoms with Gasteiger partial charge in [-0.15, -0.1) is 11.8 Å². The standard InChI is InChI=1S/C23H20BrNS/c1-17-5-4-6-19(13-17)16-26-23-15-25(22-8-3-2-7-21(22)23)14-18-9-11-20(24)12-10-18/h2-13,15H,14,16H2,1H3. The molecular formula is C23H20BrNS. The van der Waals surface area contributed by atoms with Gasteiger partial charge in [-0.1, -0.05) is 76.1 Å². The number of halogens is 1. The molecule has 1 aromatic heterocycles. The molecule has 0 spiro atoms. The lowest BCUT2D eigenvalue weighted by Crippen LogP contribution is -1.97. The summed E-state index contributed by atoms with van der Waals surface area (Å²) < 4.78 is 3.48. The summed E-state index contributed by atoms with van der Waals surface area (Å²) in [7, 11) is 0. The molecule has 0 N–H and O–H groups in total. The number of para-hydroxylation sites is 1. The van der Waals surface area contributed by atoms with E-state index in [4.69, 9.17) is 0 Å². The van der Waals surface area contributed by atoms with E-state index in [0.717, 1.165) is 16.8 Å². The summed E-state index contributed by atoms with van der Waals surface area (Å²) in [6.45, 7) is 3.04. The number of hydrogen-bond donors (Lipinski definition) is 0. The normalized spacial score (nSPS) is 11.2. The van der Waals surface area contributed by atoms with Crippen LogP contribution in [-0.4, -0.2) is 4.57 Å². The minimum Gasteiger partial charge on any atom is -0.342 e. The molecule has 0 unspecified atom stereocenters. The van der Waals surface area contributed by atoms with Gasteiger partial charge in [-0.05, 0) is 36.2 Å². The van der Waals surface area contributed by atoms with Crippen LogP contribution in [0.5, 0.6) is 0 Å². The maximum Gasteiger partial charge on any atom is 0.0495 e. The van der Waals surface area contributed by atoms with Crippen molar-refractivity contribution in [1.82, 2.24) is 4.57 Å². The average molecular weight is 422 g/mol. The molecule has 3 aromatic carbocycles. The van der Waals surface area contributed by atoms with Crippen LogP contribution in [0.15, 0.2) is 88.4 Å². The molecule has 0 bridgehead atoms. The van der Waals surface area contributed by atoms with Gasteiger partial charge < -0.3 is 4.57 Å². The van der Waals surface area contributed by atoms with Crippen molar-refractivity contribution in [1.29, 1.82) is 0 Å². The molecule has 130 valence electrons. The predicted octanol–water partition coefficient (Wildman–Crippen LogP) is 7.05. The summed E-state index contributed by atoms with van der Waals surface area (Å²) in [6.07, 6.45) is 2.30. The van der Waals surface area contributed by atoms with Crippen LogP contribution in [0.4, 0.5) is 0 Å². The Kier molecular flexibility index (Phi) is 5.18. The first kappa shape index (κ1) is 17.4. The van der Waals surface area contributed by atoms with Crippen LogP contribution in [0.2, 0.25) is 0 Å². The van der Waals surface area contributed by atoms with E-state index in [9.17, 15) is 0 Å². The highest BCUT2D eigenvalue weighted by molar-refractivity contribution is 9.10. The van der Waals surface area contributed by atoms with E-state index in [1.165, 1.54) is 32.5 Å². The van der Waals surface area contributed by atoms with Gasteiger partial charge in [0.1, 0.15) is 0 Å². The fourth-order valence-electron chi connectivity index (χ4n) is 3.21. The third kappa shape index (κ3) is 3.89. The number of thioether (sulfide) groups is 1. The van der Waals surface area contributed by atoms with E-state index in [1.54, 1.807) is 0 Å². The van der Waals surface area contributed by atoms with Crippen LogP contribution < -0.4 is 0 Å². The van der Waals surface area contributed by atoms with Gasteiger partial charge in [-0.2, -0.15) is 0 Å². The molecule has 26 heavy (non-hydrogen) atoms. The van der Waals surface area contributed by atoms with Crippen LogP contribution in [0.3, 0.4) is 0 Å². The molecule has 0 aliphatic rings. The molecule has 0 radical (unpaired) electrons. The van der Waals surface area contributed by atoms with E-state index < -0.39 is 0 Å². The molecule has 3 heteroatoms. The number of aromatic nitrogens is 1. The summed E-state index contributed by atoms with van der Waals surface area (Å²) in [4.78, 5) is 1.35. The molecule has 0 aliphatic heterocycles. The van der Waals surface area contributed by atoms with Crippen LogP contribution >= 0.6 is 27.7 Å². The number of rotatable bonds is 5. The highest BCUT2D eigenvalue weighted by atomic mass is 79.9. The summed E-state index contributed by atoms with van der Waals surface area (Å²) in [6, 6.07) is 26.0. The highest BCUT2D eigenvalue weighted by Crippen LogP contribution is 2.32. The van der Waals surface area contributed by atoms with Crippen molar-refractivity contribution in [2.75, 3.05) is 0 Å². The highest BCUT2D eigenvalue weighted by Gasteiger charge is 2.09. The zero-order valence-corrected chi connectivity index (χ0v) is 17.1. The molecule has 0 saturated carbocycles. The molecule has 0 saturated heterocycles.